The second kappa shape index (κ2) is 10.9. The van der Waals surface area contributed by atoms with E-state index in [0.29, 0.717) is 49.4 Å². The summed E-state index contributed by atoms with van der Waals surface area (Å²) >= 11 is 0. The Hall–Kier alpha value is -4.42. The molecular weight excluding hydrogens is 480 g/mol. The number of pyridine rings is 2. The third-order valence-corrected chi connectivity index (χ3v) is 6.92. The maximum atomic E-state index is 12.7. The van der Waals surface area contributed by atoms with E-state index in [-0.39, 0.29) is 5.91 Å². The van der Waals surface area contributed by atoms with Crippen LogP contribution in [0.15, 0.2) is 67.1 Å². The first kappa shape index (κ1) is 25.2. The molecule has 0 aliphatic carbocycles. The van der Waals surface area contributed by atoms with E-state index in [1.807, 2.05) is 53.4 Å². The lowest BCUT2D eigenvalue weighted by Crippen LogP contribution is -2.49. The fourth-order valence-electron chi connectivity index (χ4n) is 4.58. The Kier molecular flexibility index (Phi) is 7.24. The molecule has 38 heavy (non-hydrogen) atoms. The van der Waals surface area contributed by atoms with Crippen LogP contribution in [0.4, 0.5) is 5.82 Å². The van der Waals surface area contributed by atoms with Crippen LogP contribution in [0, 0.1) is 11.3 Å². The fourth-order valence-corrected chi connectivity index (χ4v) is 4.58. The van der Waals surface area contributed by atoms with Crippen molar-refractivity contribution in [3.8, 4) is 22.9 Å². The quantitative estimate of drug-likeness (QED) is 0.407. The lowest BCUT2D eigenvalue weighted by Gasteiger charge is -2.35. The highest BCUT2D eigenvalue weighted by molar-refractivity contribution is 5.85. The zero-order valence-corrected chi connectivity index (χ0v) is 21.5. The van der Waals surface area contributed by atoms with Gasteiger partial charge in [0.1, 0.15) is 23.7 Å². The molecule has 1 aliphatic rings. The van der Waals surface area contributed by atoms with Gasteiger partial charge >= 0.3 is 0 Å². The monoisotopic (exact) mass is 510 g/mol. The van der Waals surface area contributed by atoms with E-state index in [1.54, 1.807) is 30.8 Å². The molecule has 2 atom stereocenters. The molecule has 1 fully saturated rings. The number of nitriles is 1. The molecule has 5 rings (SSSR count). The van der Waals surface area contributed by atoms with Gasteiger partial charge in [-0.25, -0.2) is 9.50 Å². The molecular formula is C29H30N6O3. The van der Waals surface area contributed by atoms with Gasteiger partial charge in [0.2, 0.25) is 5.91 Å². The average Bonchev–Trinajstić information content (AvgIpc) is 3.36. The van der Waals surface area contributed by atoms with E-state index in [2.05, 4.69) is 16.1 Å². The Balaban J connectivity index is 1.32. The van der Waals surface area contributed by atoms with Crippen molar-refractivity contribution in [2.75, 3.05) is 31.1 Å². The summed E-state index contributed by atoms with van der Waals surface area (Å²) in [6.45, 7) is 6.19. The van der Waals surface area contributed by atoms with Gasteiger partial charge in [0.25, 0.3) is 0 Å². The number of benzene rings is 1. The Bertz CT molecular complexity index is 1450. The normalized spacial score (nSPS) is 15.2. The van der Waals surface area contributed by atoms with Crippen molar-refractivity contribution in [2.45, 2.75) is 32.5 Å². The van der Waals surface area contributed by atoms with Crippen LogP contribution < -0.4 is 9.64 Å². The van der Waals surface area contributed by atoms with Crippen molar-refractivity contribution >= 4 is 17.2 Å². The maximum Gasteiger partial charge on any atom is 0.227 e. The lowest BCUT2D eigenvalue weighted by molar-refractivity contribution is -0.130. The number of hydrogen-bond acceptors (Lipinski definition) is 7. The second-order valence-electron chi connectivity index (χ2n) is 9.55. The number of piperazine rings is 1. The number of nitrogens with zero attached hydrogens (tertiary/aromatic N) is 6. The standard InChI is InChI=1S/C29H30N6O3/c1-20(36)21(2)38-25-15-26(29-24(16-30)18-32-35(29)19-25)23-8-9-27(31-17-23)33-10-12-34(13-11-33)28(37)14-22-6-4-3-5-7-22/h3-9,15,17-21,36H,10-14H2,1-2H3/t20-,21+/m1/s1. The predicted octanol–water partition coefficient (Wildman–Crippen LogP) is 3.31. The Morgan fingerprint density at radius 3 is 2.53 bits per heavy atom. The first-order chi connectivity index (χ1) is 18.4. The molecule has 1 saturated heterocycles. The third kappa shape index (κ3) is 5.31. The number of anilines is 1. The number of aliphatic hydroxyl groups excluding tert-OH is 1. The van der Waals surface area contributed by atoms with Crippen LogP contribution in [0.2, 0.25) is 0 Å². The molecule has 1 aromatic carbocycles. The van der Waals surface area contributed by atoms with Crippen LogP contribution in [0.5, 0.6) is 5.75 Å². The van der Waals surface area contributed by atoms with Crippen LogP contribution in [-0.2, 0) is 11.2 Å². The smallest absolute Gasteiger partial charge is 0.227 e. The number of aliphatic hydroxyl groups is 1. The van der Waals surface area contributed by atoms with Crippen LogP contribution in [0.25, 0.3) is 16.6 Å². The summed E-state index contributed by atoms with van der Waals surface area (Å²) in [5.74, 6) is 1.52. The number of carbonyl (C=O) groups excluding carboxylic acids is 1. The molecule has 0 bridgehead atoms. The molecule has 0 saturated carbocycles. The highest BCUT2D eigenvalue weighted by Crippen LogP contribution is 2.32. The summed E-state index contributed by atoms with van der Waals surface area (Å²) in [4.78, 5) is 21.5. The first-order valence-electron chi connectivity index (χ1n) is 12.7. The first-order valence-corrected chi connectivity index (χ1v) is 12.7. The summed E-state index contributed by atoms with van der Waals surface area (Å²) in [7, 11) is 0. The van der Waals surface area contributed by atoms with Gasteiger partial charge in [-0.15, -0.1) is 0 Å². The lowest BCUT2D eigenvalue weighted by atomic mass is 10.1. The summed E-state index contributed by atoms with van der Waals surface area (Å²) in [6.07, 6.45) is 4.38. The predicted molar refractivity (Wildman–Crippen MR) is 144 cm³/mol. The summed E-state index contributed by atoms with van der Waals surface area (Å²) < 4.78 is 7.54. The molecule has 1 amide bonds. The number of fused-ring (bicyclic) bond motifs is 1. The van der Waals surface area contributed by atoms with Gasteiger partial charge in [-0.1, -0.05) is 30.3 Å². The van der Waals surface area contributed by atoms with Crippen molar-refractivity contribution in [3.05, 3.63) is 78.2 Å². The van der Waals surface area contributed by atoms with Gasteiger partial charge in [-0.3, -0.25) is 4.79 Å². The molecule has 9 nitrogen and oxygen atoms in total. The number of carbonyl (C=O) groups is 1. The SMILES string of the molecule is C[C@H](Oc1cc(-c2ccc(N3CCN(C(=O)Cc4ccccc4)CC3)nc2)c2c(C#N)cnn2c1)[C@@H](C)O. The topological polar surface area (TPSA) is 107 Å². The molecule has 0 spiro atoms. The van der Waals surface area contributed by atoms with E-state index in [9.17, 15) is 15.2 Å². The van der Waals surface area contributed by atoms with Gasteiger partial charge in [-0.05, 0) is 37.6 Å². The Morgan fingerprint density at radius 2 is 1.87 bits per heavy atom. The summed E-state index contributed by atoms with van der Waals surface area (Å²) in [5.41, 5.74) is 3.74. The maximum absolute atomic E-state index is 12.7. The van der Waals surface area contributed by atoms with E-state index in [4.69, 9.17) is 9.72 Å². The molecule has 4 aromatic rings. The molecule has 0 radical (unpaired) electrons. The number of rotatable bonds is 7. The zero-order valence-electron chi connectivity index (χ0n) is 21.5. The van der Waals surface area contributed by atoms with Gasteiger partial charge < -0.3 is 19.6 Å². The molecule has 0 unspecified atom stereocenters. The fraction of sp³-hybridized carbons (Fsp3) is 0.310. The summed E-state index contributed by atoms with van der Waals surface area (Å²) in [6, 6.07) is 17.8. The molecule has 9 heteroatoms. The molecule has 1 N–H and O–H groups in total. The van der Waals surface area contributed by atoms with E-state index < -0.39 is 12.2 Å². The van der Waals surface area contributed by atoms with Crippen LogP contribution >= 0.6 is 0 Å². The molecule has 3 aromatic heterocycles. The third-order valence-electron chi connectivity index (χ3n) is 6.92. The van der Waals surface area contributed by atoms with Gasteiger partial charge in [0.15, 0.2) is 0 Å². The van der Waals surface area contributed by atoms with Crippen LogP contribution in [0.3, 0.4) is 0 Å². The van der Waals surface area contributed by atoms with Gasteiger partial charge in [0, 0.05) is 43.5 Å². The van der Waals surface area contributed by atoms with E-state index in [1.165, 1.54) is 6.20 Å². The van der Waals surface area contributed by atoms with Crippen molar-refractivity contribution < 1.29 is 14.6 Å². The van der Waals surface area contributed by atoms with E-state index in [0.717, 1.165) is 22.5 Å². The number of amides is 1. The Morgan fingerprint density at radius 1 is 1.11 bits per heavy atom. The molecule has 1 aliphatic heterocycles. The largest absolute Gasteiger partial charge is 0.486 e. The number of aromatic nitrogens is 3. The van der Waals surface area contributed by atoms with E-state index >= 15 is 0 Å². The minimum absolute atomic E-state index is 0.143. The highest BCUT2D eigenvalue weighted by Gasteiger charge is 2.22. The molecule has 4 heterocycles. The van der Waals surface area contributed by atoms with Gasteiger partial charge in [-0.2, -0.15) is 10.4 Å². The number of ether oxygens (including phenoxy) is 1. The second-order valence-corrected chi connectivity index (χ2v) is 9.55. The van der Waals surface area contributed by atoms with Gasteiger partial charge in [0.05, 0.1) is 36.0 Å². The van der Waals surface area contributed by atoms with Crippen molar-refractivity contribution in [1.82, 2.24) is 19.5 Å². The van der Waals surface area contributed by atoms with Crippen molar-refractivity contribution in [3.63, 3.8) is 0 Å². The number of hydrogen-bond donors (Lipinski definition) is 1. The highest BCUT2D eigenvalue weighted by atomic mass is 16.5. The zero-order chi connectivity index (χ0) is 26.6. The van der Waals surface area contributed by atoms with Crippen LogP contribution in [-0.4, -0.2) is 68.9 Å². The van der Waals surface area contributed by atoms with Crippen LogP contribution in [0.1, 0.15) is 25.0 Å². The minimum atomic E-state index is -0.642. The molecule has 194 valence electrons. The average molecular weight is 511 g/mol. The van der Waals surface area contributed by atoms with Crippen molar-refractivity contribution in [2.24, 2.45) is 0 Å². The minimum Gasteiger partial charge on any atom is -0.486 e. The Labute approximate surface area is 221 Å². The van der Waals surface area contributed by atoms with Crippen molar-refractivity contribution in [1.29, 1.82) is 5.26 Å². The summed E-state index contributed by atoms with van der Waals surface area (Å²) in [5, 5.41) is 23.8.